The molecule has 1 aromatic carbocycles. The van der Waals surface area contributed by atoms with E-state index in [1.807, 2.05) is 37.3 Å². The molecule has 0 aliphatic carbocycles. The summed E-state index contributed by atoms with van der Waals surface area (Å²) >= 11 is 0. The molecule has 6 nitrogen and oxygen atoms in total. The minimum atomic E-state index is -0.498. The number of hydrogen-bond acceptors (Lipinski definition) is 5. The van der Waals surface area contributed by atoms with E-state index in [0.717, 1.165) is 30.8 Å². The summed E-state index contributed by atoms with van der Waals surface area (Å²) in [5, 5.41) is 9.29. The molecule has 142 valence electrons. The molecule has 2 heterocycles. The lowest BCUT2D eigenvalue weighted by Gasteiger charge is -2.37. The number of amides is 1. The monoisotopic (exact) mass is 361 g/mol. The van der Waals surface area contributed by atoms with Crippen LogP contribution in [0.2, 0.25) is 0 Å². The van der Waals surface area contributed by atoms with E-state index in [1.165, 1.54) is 0 Å². The van der Waals surface area contributed by atoms with E-state index in [0.29, 0.717) is 18.8 Å². The van der Waals surface area contributed by atoms with E-state index in [2.05, 4.69) is 0 Å². The SMILES string of the molecule is CCO[C@@H]1OC(C(=O)N2CC2)=C[C@H](c2ccc(OC)cc2)[C@@H]1CCCO. The second-order valence-electron chi connectivity index (χ2n) is 6.59. The Hall–Kier alpha value is -2.05. The van der Waals surface area contributed by atoms with Crippen LogP contribution in [0, 0.1) is 5.92 Å². The Morgan fingerprint density at radius 2 is 2.04 bits per heavy atom. The fraction of sp³-hybridized carbons (Fsp3) is 0.550. The smallest absolute Gasteiger partial charge is 0.288 e. The molecule has 1 N–H and O–H groups in total. The van der Waals surface area contributed by atoms with Gasteiger partial charge >= 0.3 is 0 Å². The van der Waals surface area contributed by atoms with Crippen molar-refractivity contribution in [3.8, 4) is 5.75 Å². The van der Waals surface area contributed by atoms with E-state index in [-0.39, 0.29) is 24.3 Å². The summed E-state index contributed by atoms with van der Waals surface area (Å²) in [6, 6.07) is 7.87. The third kappa shape index (κ3) is 4.19. The average molecular weight is 361 g/mol. The number of carbonyl (C=O) groups excluding carboxylic acids is 1. The summed E-state index contributed by atoms with van der Waals surface area (Å²) in [7, 11) is 1.64. The van der Waals surface area contributed by atoms with Crippen LogP contribution in [-0.4, -0.2) is 55.6 Å². The summed E-state index contributed by atoms with van der Waals surface area (Å²) in [5.74, 6) is 1.09. The molecule has 0 unspecified atom stereocenters. The van der Waals surface area contributed by atoms with Gasteiger partial charge in [0.05, 0.1) is 7.11 Å². The van der Waals surface area contributed by atoms with Crippen LogP contribution in [0.25, 0.3) is 0 Å². The molecule has 2 aliphatic heterocycles. The Morgan fingerprint density at radius 3 is 2.62 bits per heavy atom. The van der Waals surface area contributed by atoms with Crippen LogP contribution in [0.3, 0.4) is 0 Å². The van der Waals surface area contributed by atoms with Gasteiger partial charge in [0, 0.05) is 38.1 Å². The lowest BCUT2D eigenvalue weighted by molar-refractivity contribution is -0.168. The second-order valence-corrected chi connectivity index (χ2v) is 6.59. The van der Waals surface area contributed by atoms with E-state index in [4.69, 9.17) is 14.2 Å². The number of carbonyl (C=O) groups is 1. The molecule has 3 atom stereocenters. The topological polar surface area (TPSA) is 68.0 Å². The van der Waals surface area contributed by atoms with Crippen molar-refractivity contribution in [3.05, 3.63) is 41.7 Å². The predicted octanol–water partition coefficient (Wildman–Crippen LogP) is 2.29. The highest BCUT2D eigenvalue weighted by atomic mass is 16.7. The largest absolute Gasteiger partial charge is 0.497 e. The van der Waals surface area contributed by atoms with Crippen LogP contribution in [-0.2, 0) is 14.3 Å². The van der Waals surface area contributed by atoms with E-state index in [9.17, 15) is 9.90 Å². The molecule has 0 radical (unpaired) electrons. The Labute approximate surface area is 154 Å². The molecule has 2 aliphatic rings. The van der Waals surface area contributed by atoms with Crippen LogP contribution >= 0.6 is 0 Å². The number of aliphatic hydroxyl groups is 1. The van der Waals surface area contributed by atoms with E-state index in [1.54, 1.807) is 12.0 Å². The Balaban J connectivity index is 1.93. The molecule has 0 saturated carbocycles. The highest BCUT2D eigenvalue weighted by molar-refractivity contribution is 5.93. The van der Waals surface area contributed by atoms with E-state index < -0.39 is 6.29 Å². The minimum Gasteiger partial charge on any atom is -0.497 e. The molecular weight excluding hydrogens is 334 g/mol. The second kappa shape index (κ2) is 8.56. The van der Waals surface area contributed by atoms with Gasteiger partial charge in [0.1, 0.15) is 5.75 Å². The Bertz CT molecular complexity index is 638. The summed E-state index contributed by atoms with van der Waals surface area (Å²) in [5.41, 5.74) is 1.08. The van der Waals surface area contributed by atoms with E-state index >= 15 is 0 Å². The summed E-state index contributed by atoms with van der Waals surface area (Å²) in [6.07, 6.45) is 2.83. The third-order valence-corrected chi connectivity index (χ3v) is 4.86. The number of allylic oxidation sites excluding steroid dienone is 1. The number of nitrogens with zero attached hydrogens (tertiary/aromatic N) is 1. The quantitative estimate of drug-likeness (QED) is 0.720. The van der Waals surface area contributed by atoms with Crippen molar-refractivity contribution >= 4 is 5.91 Å². The van der Waals surface area contributed by atoms with Gasteiger partial charge in [-0.1, -0.05) is 12.1 Å². The molecule has 0 bridgehead atoms. The molecule has 1 amide bonds. The maximum atomic E-state index is 12.5. The third-order valence-electron chi connectivity index (χ3n) is 4.86. The van der Waals surface area contributed by atoms with Crippen molar-refractivity contribution in [2.45, 2.75) is 32.0 Å². The molecule has 1 aromatic rings. The molecular formula is C20H27NO5. The van der Waals surface area contributed by atoms with Crippen molar-refractivity contribution in [1.82, 2.24) is 4.90 Å². The standard InChI is InChI=1S/C20H27NO5/c1-3-25-20-16(5-4-12-22)17(14-6-8-15(24-2)9-7-14)13-18(26-20)19(23)21-10-11-21/h6-9,13,16-17,20,22H,3-5,10-12H2,1-2H3/t16-,17+,20+/m0/s1. The number of rotatable bonds is 8. The minimum absolute atomic E-state index is 0.0170. The number of aliphatic hydroxyl groups excluding tert-OH is 1. The average Bonchev–Trinajstić information content (AvgIpc) is 3.51. The summed E-state index contributed by atoms with van der Waals surface area (Å²) < 4.78 is 17.0. The van der Waals surface area contributed by atoms with Crippen molar-refractivity contribution < 1.29 is 24.1 Å². The van der Waals surface area contributed by atoms with Gasteiger partial charge in [0.25, 0.3) is 5.91 Å². The molecule has 26 heavy (non-hydrogen) atoms. The van der Waals surface area contributed by atoms with Crippen LogP contribution in [0.15, 0.2) is 36.1 Å². The normalized spacial score (nSPS) is 24.7. The van der Waals surface area contributed by atoms with Crippen molar-refractivity contribution in [1.29, 1.82) is 0 Å². The van der Waals surface area contributed by atoms with Gasteiger partial charge in [0.15, 0.2) is 5.76 Å². The molecule has 1 saturated heterocycles. The summed E-state index contributed by atoms with van der Waals surface area (Å²) in [4.78, 5) is 14.3. The first-order chi connectivity index (χ1) is 12.7. The zero-order valence-corrected chi connectivity index (χ0v) is 15.4. The molecule has 0 spiro atoms. The lowest BCUT2D eigenvalue weighted by Crippen LogP contribution is -2.37. The van der Waals surface area contributed by atoms with Gasteiger partial charge in [-0.2, -0.15) is 0 Å². The zero-order chi connectivity index (χ0) is 18.5. The summed E-state index contributed by atoms with van der Waals surface area (Å²) in [6.45, 7) is 4.09. The molecule has 3 rings (SSSR count). The van der Waals surface area contributed by atoms with Crippen LogP contribution in [0.5, 0.6) is 5.75 Å². The fourth-order valence-corrected chi connectivity index (χ4v) is 3.37. The maximum Gasteiger partial charge on any atom is 0.288 e. The van der Waals surface area contributed by atoms with Crippen LogP contribution in [0.4, 0.5) is 0 Å². The first kappa shape index (κ1) is 18.7. The first-order valence-corrected chi connectivity index (χ1v) is 9.22. The van der Waals surface area contributed by atoms with Crippen molar-refractivity contribution in [2.75, 3.05) is 33.4 Å². The predicted molar refractivity (Wildman–Crippen MR) is 96.7 cm³/mol. The van der Waals surface area contributed by atoms with Gasteiger partial charge in [-0.25, -0.2) is 0 Å². The fourth-order valence-electron chi connectivity index (χ4n) is 3.37. The van der Waals surface area contributed by atoms with Gasteiger partial charge in [-0.15, -0.1) is 0 Å². The number of methoxy groups -OCH3 is 1. The highest BCUT2D eigenvalue weighted by Gasteiger charge is 2.40. The number of benzene rings is 1. The molecule has 1 fully saturated rings. The lowest BCUT2D eigenvalue weighted by atomic mass is 9.80. The number of ether oxygens (including phenoxy) is 3. The molecule has 6 heteroatoms. The maximum absolute atomic E-state index is 12.5. The van der Waals surface area contributed by atoms with Gasteiger partial charge in [-0.3, -0.25) is 4.79 Å². The van der Waals surface area contributed by atoms with Crippen LogP contribution in [0.1, 0.15) is 31.2 Å². The van der Waals surface area contributed by atoms with Gasteiger partial charge in [0.2, 0.25) is 6.29 Å². The van der Waals surface area contributed by atoms with Gasteiger partial charge < -0.3 is 24.2 Å². The molecule has 0 aromatic heterocycles. The highest BCUT2D eigenvalue weighted by Crippen LogP contribution is 2.40. The van der Waals surface area contributed by atoms with Gasteiger partial charge in [-0.05, 0) is 43.5 Å². The van der Waals surface area contributed by atoms with Crippen molar-refractivity contribution in [3.63, 3.8) is 0 Å². The Kier molecular flexibility index (Phi) is 6.16. The van der Waals surface area contributed by atoms with Crippen LogP contribution < -0.4 is 4.74 Å². The number of hydrogen-bond donors (Lipinski definition) is 1. The zero-order valence-electron chi connectivity index (χ0n) is 15.4. The van der Waals surface area contributed by atoms with Crippen molar-refractivity contribution in [2.24, 2.45) is 5.92 Å². The Morgan fingerprint density at radius 1 is 1.31 bits per heavy atom. The first-order valence-electron chi connectivity index (χ1n) is 9.22.